The average molecular weight is 197 g/mol. The molecule has 1 aliphatic heterocycles. The van der Waals surface area contributed by atoms with Crippen LogP contribution in [0.2, 0.25) is 0 Å². The number of likely N-dealkylation sites (tertiary alicyclic amines) is 1. The Balaban J connectivity index is 2.04. The third-order valence-corrected chi connectivity index (χ3v) is 3.96. The zero-order chi connectivity index (χ0) is 10.3. The molecule has 1 saturated carbocycles. The third kappa shape index (κ3) is 1.78. The number of carboxylic acid groups (broad SMARTS) is 1. The van der Waals surface area contributed by atoms with Gasteiger partial charge < -0.3 is 10.0 Å². The zero-order valence-electron chi connectivity index (χ0n) is 8.94. The molecule has 0 spiro atoms. The Kier molecular flexibility index (Phi) is 2.52. The number of hydrogen-bond acceptors (Lipinski definition) is 2. The minimum absolute atomic E-state index is 0.153. The summed E-state index contributed by atoms with van der Waals surface area (Å²) in [4.78, 5) is 13.3. The van der Waals surface area contributed by atoms with E-state index in [1.807, 2.05) is 6.92 Å². The van der Waals surface area contributed by atoms with Crippen molar-refractivity contribution >= 4 is 5.97 Å². The van der Waals surface area contributed by atoms with E-state index >= 15 is 0 Å². The largest absolute Gasteiger partial charge is 0.481 e. The van der Waals surface area contributed by atoms with Crippen LogP contribution < -0.4 is 0 Å². The lowest BCUT2D eigenvalue weighted by Gasteiger charge is -2.39. The Morgan fingerprint density at radius 1 is 1.36 bits per heavy atom. The van der Waals surface area contributed by atoms with Crippen molar-refractivity contribution < 1.29 is 9.90 Å². The molecule has 2 aliphatic rings. The zero-order valence-corrected chi connectivity index (χ0v) is 8.94. The lowest BCUT2D eigenvalue weighted by Crippen LogP contribution is -2.48. The minimum Gasteiger partial charge on any atom is -0.481 e. The van der Waals surface area contributed by atoms with Gasteiger partial charge in [-0.1, -0.05) is 0 Å². The predicted octanol–water partition coefficient (Wildman–Crippen LogP) is 1.44. The molecule has 3 unspecified atom stereocenters. The van der Waals surface area contributed by atoms with E-state index in [4.69, 9.17) is 5.11 Å². The molecule has 1 aliphatic carbocycles. The summed E-state index contributed by atoms with van der Waals surface area (Å²) >= 11 is 0. The number of carbonyl (C=O) groups is 1. The monoisotopic (exact) mass is 197 g/mol. The van der Waals surface area contributed by atoms with E-state index < -0.39 is 5.97 Å². The molecule has 0 aromatic rings. The van der Waals surface area contributed by atoms with Crippen LogP contribution in [0.3, 0.4) is 0 Å². The highest BCUT2D eigenvalue weighted by Gasteiger charge is 2.41. The Labute approximate surface area is 85.1 Å². The van der Waals surface area contributed by atoms with Gasteiger partial charge in [0.1, 0.15) is 0 Å². The second-order valence-corrected chi connectivity index (χ2v) is 4.96. The molecule has 1 heterocycles. The summed E-state index contributed by atoms with van der Waals surface area (Å²) in [5.41, 5.74) is 0. The maximum Gasteiger partial charge on any atom is 0.308 e. The van der Waals surface area contributed by atoms with E-state index in [9.17, 15) is 4.79 Å². The molecule has 1 N–H and O–H groups in total. The van der Waals surface area contributed by atoms with Gasteiger partial charge in [0.2, 0.25) is 0 Å². The molecule has 0 aromatic carbocycles. The van der Waals surface area contributed by atoms with Gasteiger partial charge in [-0.15, -0.1) is 0 Å². The maximum absolute atomic E-state index is 11.1. The molecule has 1 saturated heterocycles. The lowest BCUT2D eigenvalue weighted by molar-refractivity contribution is -0.146. The van der Waals surface area contributed by atoms with Gasteiger partial charge in [0.05, 0.1) is 5.92 Å². The van der Waals surface area contributed by atoms with E-state index in [0.29, 0.717) is 5.92 Å². The number of carboxylic acids is 1. The maximum atomic E-state index is 11.1. The van der Waals surface area contributed by atoms with Gasteiger partial charge >= 0.3 is 5.97 Å². The summed E-state index contributed by atoms with van der Waals surface area (Å²) in [7, 11) is 2.05. The van der Waals surface area contributed by atoms with Crippen molar-refractivity contribution in [3.8, 4) is 0 Å². The van der Waals surface area contributed by atoms with Gasteiger partial charge in [-0.3, -0.25) is 4.79 Å². The smallest absolute Gasteiger partial charge is 0.308 e. The van der Waals surface area contributed by atoms with E-state index in [1.54, 1.807) is 0 Å². The van der Waals surface area contributed by atoms with Crippen molar-refractivity contribution in [3.63, 3.8) is 0 Å². The summed E-state index contributed by atoms with van der Waals surface area (Å²) < 4.78 is 0. The first-order valence-electron chi connectivity index (χ1n) is 5.52. The molecule has 14 heavy (non-hydrogen) atoms. The van der Waals surface area contributed by atoms with Crippen molar-refractivity contribution in [1.82, 2.24) is 4.90 Å². The Bertz CT molecular complexity index is 237. The highest BCUT2D eigenvalue weighted by molar-refractivity contribution is 5.71. The summed E-state index contributed by atoms with van der Waals surface area (Å²) in [5, 5.41) is 9.12. The van der Waals surface area contributed by atoms with Crippen LogP contribution >= 0.6 is 0 Å². The van der Waals surface area contributed by atoms with Crippen LogP contribution in [0.4, 0.5) is 0 Å². The first-order chi connectivity index (χ1) is 6.59. The highest BCUT2D eigenvalue weighted by atomic mass is 16.4. The number of piperidine rings is 1. The second kappa shape index (κ2) is 3.54. The van der Waals surface area contributed by atoms with E-state index in [1.165, 1.54) is 12.8 Å². The van der Waals surface area contributed by atoms with Crippen LogP contribution in [0.5, 0.6) is 0 Å². The Morgan fingerprint density at radius 2 is 2.00 bits per heavy atom. The lowest BCUT2D eigenvalue weighted by atomic mass is 9.82. The summed E-state index contributed by atoms with van der Waals surface area (Å²) in [6, 6.07) is 0.197. The van der Waals surface area contributed by atoms with Gasteiger partial charge in [-0.2, -0.15) is 0 Å². The summed E-state index contributed by atoms with van der Waals surface area (Å²) in [6.07, 6.45) is 3.53. The fraction of sp³-hybridized carbons (Fsp3) is 0.909. The fourth-order valence-corrected chi connectivity index (χ4v) is 2.66. The van der Waals surface area contributed by atoms with Gasteiger partial charge in [-0.25, -0.2) is 0 Å². The molecule has 2 rings (SSSR count). The topological polar surface area (TPSA) is 40.5 Å². The molecule has 80 valence electrons. The van der Waals surface area contributed by atoms with Crippen LogP contribution in [0.25, 0.3) is 0 Å². The molecular weight excluding hydrogens is 178 g/mol. The Morgan fingerprint density at radius 3 is 2.50 bits per heavy atom. The van der Waals surface area contributed by atoms with Crippen molar-refractivity contribution in [2.75, 3.05) is 13.6 Å². The van der Waals surface area contributed by atoms with E-state index in [2.05, 4.69) is 11.9 Å². The number of rotatable bonds is 2. The van der Waals surface area contributed by atoms with Gasteiger partial charge in [0.25, 0.3) is 0 Å². The molecule has 3 atom stereocenters. The van der Waals surface area contributed by atoms with Crippen molar-refractivity contribution in [3.05, 3.63) is 0 Å². The summed E-state index contributed by atoms with van der Waals surface area (Å²) in [6.45, 7) is 3.12. The second-order valence-electron chi connectivity index (χ2n) is 4.96. The normalized spacial score (nSPS) is 39.7. The van der Waals surface area contributed by atoms with Crippen LogP contribution in [0.1, 0.15) is 26.2 Å². The molecule has 3 heteroatoms. The van der Waals surface area contributed by atoms with E-state index in [-0.39, 0.29) is 12.0 Å². The van der Waals surface area contributed by atoms with Gasteiger partial charge in [-0.05, 0) is 45.1 Å². The summed E-state index contributed by atoms with van der Waals surface area (Å²) in [5.74, 6) is 0.693. The molecular formula is C11H19NO2. The van der Waals surface area contributed by atoms with Crippen LogP contribution in [-0.2, 0) is 4.79 Å². The van der Waals surface area contributed by atoms with Crippen molar-refractivity contribution in [1.29, 1.82) is 0 Å². The molecule has 3 nitrogen and oxygen atoms in total. The number of aliphatic carboxylic acids is 1. The molecule has 2 fully saturated rings. The molecule has 0 amide bonds. The molecule has 0 aromatic heterocycles. The SMILES string of the molecule is CC1C(C(=O)O)CC(C2CC2)CN1C. The number of nitrogens with zero attached hydrogens (tertiary/aromatic N) is 1. The van der Waals surface area contributed by atoms with Crippen LogP contribution in [0, 0.1) is 17.8 Å². The van der Waals surface area contributed by atoms with Crippen molar-refractivity contribution in [2.45, 2.75) is 32.2 Å². The fourth-order valence-electron chi connectivity index (χ4n) is 2.66. The first-order valence-corrected chi connectivity index (χ1v) is 5.52. The highest BCUT2D eigenvalue weighted by Crippen LogP contribution is 2.43. The molecule has 0 radical (unpaired) electrons. The van der Waals surface area contributed by atoms with Gasteiger partial charge in [0.15, 0.2) is 0 Å². The quantitative estimate of drug-likeness (QED) is 0.728. The van der Waals surface area contributed by atoms with Gasteiger partial charge in [0, 0.05) is 12.6 Å². The average Bonchev–Trinajstić information content (AvgIpc) is 2.91. The Hall–Kier alpha value is -0.570. The van der Waals surface area contributed by atoms with E-state index in [0.717, 1.165) is 18.9 Å². The minimum atomic E-state index is -0.616. The third-order valence-electron chi connectivity index (χ3n) is 3.96. The van der Waals surface area contributed by atoms with Crippen molar-refractivity contribution in [2.24, 2.45) is 17.8 Å². The number of hydrogen-bond donors (Lipinski definition) is 1. The molecule has 0 bridgehead atoms. The first kappa shape index (κ1) is 9.97. The van der Waals surface area contributed by atoms with Crippen LogP contribution in [0.15, 0.2) is 0 Å². The predicted molar refractivity (Wildman–Crippen MR) is 54.0 cm³/mol. The van der Waals surface area contributed by atoms with Crippen LogP contribution in [-0.4, -0.2) is 35.6 Å². The standard InChI is InChI=1S/C11H19NO2/c1-7-10(11(13)14)5-9(6-12(7)2)8-3-4-8/h7-10H,3-6H2,1-2H3,(H,13,14).